The van der Waals surface area contributed by atoms with E-state index in [0.717, 1.165) is 10.0 Å². The van der Waals surface area contributed by atoms with Crippen LogP contribution in [0.2, 0.25) is 0 Å². The maximum absolute atomic E-state index is 8.81. The summed E-state index contributed by atoms with van der Waals surface area (Å²) in [6.45, 7) is 0.354. The van der Waals surface area contributed by atoms with E-state index in [9.17, 15) is 0 Å². The number of aromatic nitrogens is 2. The number of hydrogen-bond acceptors (Lipinski definition) is 5. The van der Waals surface area contributed by atoms with E-state index in [-0.39, 0.29) is 6.61 Å². The van der Waals surface area contributed by atoms with E-state index in [4.69, 9.17) is 9.84 Å². The van der Waals surface area contributed by atoms with E-state index in [1.54, 1.807) is 0 Å². The van der Waals surface area contributed by atoms with Gasteiger partial charge in [0.05, 0.1) is 6.61 Å². The van der Waals surface area contributed by atoms with Crippen LogP contribution in [0.4, 0.5) is 0 Å². The molecule has 0 saturated heterocycles. The number of benzene rings is 1. The van der Waals surface area contributed by atoms with Crippen LogP contribution < -0.4 is 4.74 Å². The molecule has 1 aromatic heterocycles. The highest BCUT2D eigenvalue weighted by Gasteiger charge is 2.03. The molecule has 6 heteroatoms. The van der Waals surface area contributed by atoms with Gasteiger partial charge in [0.1, 0.15) is 11.6 Å². The number of rotatable bonds is 4. The van der Waals surface area contributed by atoms with Crippen molar-refractivity contribution in [3.8, 4) is 5.19 Å². The monoisotopic (exact) mass is 300 g/mol. The number of nitrogens with zero attached hydrogens (tertiary/aromatic N) is 2. The van der Waals surface area contributed by atoms with Crippen molar-refractivity contribution in [2.24, 2.45) is 0 Å². The van der Waals surface area contributed by atoms with Gasteiger partial charge in [0.25, 0.3) is 5.19 Å². The summed E-state index contributed by atoms with van der Waals surface area (Å²) in [6.07, 6.45) is 0. The van der Waals surface area contributed by atoms with E-state index >= 15 is 0 Å². The molecule has 1 aromatic carbocycles. The first-order valence-electron chi connectivity index (χ1n) is 4.58. The Morgan fingerprint density at radius 1 is 1.25 bits per heavy atom. The second-order valence-corrected chi connectivity index (χ2v) is 4.98. The highest BCUT2D eigenvalue weighted by molar-refractivity contribution is 9.10. The predicted octanol–water partition coefficient (Wildman–Crippen LogP) is 2.37. The maximum Gasteiger partial charge on any atom is 0.294 e. The number of ether oxygens (including phenoxy) is 1. The van der Waals surface area contributed by atoms with Crippen molar-refractivity contribution in [2.75, 3.05) is 0 Å². The molecule has 0 saturated carbocycles. The molecule has 1 N–H and O–H groups in total. The van der Waals surface area contributed by atoms with Gasteiger partial charge in [-0.15, -0.1) is 5.10 Å². The van der Waals surface area contributed by atoms with Crippen LogP contribution >= 0.6 is 27.3 Å². The van der Waals surface area contributed by atoms with Crippen molar-refractivity contribution in [1.82, 2.24) is 10.2 Å². The van der Waals surface area contributed by atoms with E-state index in [1.807, 2.05) is 24.3 Å². The molecule has 0 amide bonds. The van der Waals surface area contributed by atoms with Crippen LogP contribution in [0.15, 0.2) is 28.7 Å². The van der Waals surface area contributed by atoms with Crippen LogP contribution in [0.25, 0.3) is 0 Å². The van der Waals surface area contributed by atoms with E-state index in [2.05, 4.69) is 26.1 Å². The van der Waals surface area contributed by atoms with E-state index in [1.165, 1.54) is 11.3 Å². The van der Waals surface area contributed by atoms with Crippen LogP contribution in [0, 0.1) is 0 Å². The summed E-state index contributed by atoms with van der Waals surface area (Å²) in [6, 6.07) is 7.85. The van der Waals surface area contributed by atoms with Crippen molar-refractivity contribution < 1.29 is 9.84 Å². The smallest absolute Gasteiger partial charge is 0.294 e. The Balaban J connectivity index is 1.94. The lowest BCUT2D eigenvalue weighted by atomic mass is 10.2. The van der Waals surface area contributed by atoms with Gasteiger partial charge in [-0.05, 0) is 17.7 Å². The molecule has 0 aliphatic carbocycles. The SMILES string of the molecule is OCc1nnc(OCc2ccc(Br)cc2)s1. The molecule has 0 aliphatic rings. The number of aliphatic hydroxyl groups is 1. The van der Waals surface area contributed by atoms with Crippen molar-refractivity contribution in [3.05, 3.63) is 39.3 Å². The molecule has 0 atom stereocenters. The van der Waals surface area contributed by atoms with Crippen LogP contribution in [0.3, 0.4) is 0 Å². The Morgan fingerprint density at radius 2 is 2.00 bits per heavy atom. The molecule has 0 aliphatic heterocycles. The Kier molecular flexibility index (Phi) is 3.87. The van der Waals surface area contributed by atoms with Crippen molar-refractivity contribution in [1.29, 1.82) is 0 Å². The Bertz CT molecular complexity index is 458. The van der Waals surface area contributed by atoms with Crippen molar-refractivity contribution in [3.63, 3.8) is 0 Å². The molecule has 0 unspecified atom stereocenters. The molecule has 2 rings (SSSR count). The predicted molar refractivity (Wildman–Crippen MR) is 64.3 cm³/mol. The van der Waals surface area contributed by atoms with Gasteiger partial charge >= 0.3 is 0 Å². The third-order valence-corrected chi connectivity index (χ3v) is 3.21. The number of halogens is 1. The van der Waals surface area contributed by atoms with Gasteiger partial charge in [0, 0.05) is 4.47 Å². The molecule has 16 heavy (non-hydrogen) atoms. The summed E-state index contributed by atoms with van der Waals surface area (Å²) in [5.74, 6) is 0. The lowest BCUT2D eigenvalue weighted by Crippen LogP contribution is -1.94. The molecule has 0 bridgehead atoms. The summed E-state index contributed by atoms with van der Waals surface area (Å²) in [5.41, 5.74) is 1.06. The zero-order valence-corrected chi connectivity index (χ0v) is 10.7. The molecule has 2 aromatic rings. The first kappa shape index (κ1) is 11.5. The summed E-state index contributed by atoms with van der Waals surface area (Å²) < 4.78 is 6.47. The average Bonchev–Trinajstić information content (AvgIpc) is 2.76. The number of aliphatic hydroxyl groups excluding tert-OH is 1. The molecule has 4 nitrogen and oxygen atoms in total. The van der Waals surface area contributed by atoms with Crippen molar-refractivity contribution >= 4 is 27.3 Å². The first-order valence-corrected chi connectivity index (χ1v) is 6.19. The summed E-state index contributed by atoms with van der Waals surface area (Å²) in [4.78, 5) is 0. The van der Waals surface area contributed by atoms with Crippen LogP contribution in [-0.4, -0.2) is 15.3 Å². The summed E-state index contributed by atoms with van der Waals surface area (Å²) in [5, 5.41) is 17.4. The van der Waals surface area contributed by atoms with Gasteiger partial charge < -0.3 is 9.84 Å². The second kappa shape index (κ2) is 5.38. The molecule has 84 valence electrons. The Labute approximate surface area is 105 Å². The minimum Gasteiger partial charge on any atom is -0.464 e. The highest BCUT2D eigenvalue weighted by atomic mass is 79.9. The summed E-state index contributed by atoms with van der Waals surface area (Å²) in [7, 11) is 0. The van der Waals surface area contributed by atoms with Crippen LogP contribution in [0.1, 0.15) is 10.6 Å². The zero-order chi connectivity index (χ0) is 11.4. The molecule has 0 spiro atoms. The van der Waals surface area contributed by atoms with Gasteiger partial charge in [-0.1, -0.05) is 44.5 Å². The molecule has 0 radical (unpaired) electrons. The number of hydrogen-bond donors (Lipinski definition) is 1. The maximum atomic E-state index is 8.81. The zero-order valence-electron chi connectivity index (χ0n) is 8.26. The van der Waals surface area contributed by atoms with E-state index in [0.29, 0.717) is 16.8 Å². The van der Waals surface area contributed by atoms with Gasteiger partial charge in [0.15, 0.2) is 0 Å². The first-order chi connectivity index (χ1) is 7.78. The lowest BCUT2D eigenvalue weighted by molar-refractivity contribution is 0.279. The average molecular weight is 301 g/mol. The minimum absolute atomic E-state index is 0.0979. The van der Waals surface area contributed by atoms with Gasteiger partial charge in [-0.3, -0.25) is 0 Å². The molecular weight excluding hydrogens is 292 g/mol. The largest absolute Gasteiger partial charge is 0.464 e. The van der Waals surface area contributed by atoms with E-state index < -0.39 is 0 Å². The van der Waals surface area contributed by atoms with Crippen molar-refractivity contribution in [2.45, 2.75) is 13.2 Å². The quantitative estimate of drug-likeness (QED) is 0.942. The fraction of sp³-hybridized carbons (Fsp3) is 0.200. The van der Waals surface area contributed by atoms with Crippen LogP contribution in [-0.2, 0) is 13.2 Å². The topological polar surface area (TPSA) is 55.2 Å². The second-order valence-electron chi connectivity index (χ2n) is 3.03. The molecule has 0 fully saturated rings. The normalized spacial score (nSPS) is 10.4. The summed E-state index contributed by atoms with van der Waals surface area (Å²) >= 11 is 4.62. The third-order valence-electron chi connectivity index (χ3n) is 1.86. The van der Waals surface area contributed by atoms with Gasteiger partial charge in [0.2, 0.25) is 0 Å². The van der Waals surface area contributed by atoms with Crippen LogP contribution in [0.5, 0.6) is 5.19 Å². The Hall–Kier alpha value is -0.980. The fourth-order valence-corrected chi connectivity index (χ4v) is 1.90. The third kappa shape index (κ3) is 3.01. The highest BCUT2D eigenvalue weighted by Crippen LogP contribution is 2.19. The fourth-order valence-electron chi connectivity index (χ4n) is 1.09. The Morgan fingerprint density at radius 3 is 2.62 bits per heavy atom. The van der Waals surface area contributed by atoms with Gasteiger partial charge in [-0.25, -0.2) is 0 Å². The standard InChI is InChI=1S/C10H9BrN2O2S/c11-8-3-1-7(2-4-8)6-15-10-13-12-9(5-14)16-10/h1-4,14H,5-6H2. The van der Waals surface area contributed by atoms with Gasteiger partial charge in [-0.2, -0.15) is 0 Å². The minimum atomic E-state index is -0.0979. The lowest BCUT2D eigenvalue weighted by Gasteiger charge is -2.01. The molecular formula is C10H9BrN2O2S. The molecule has 1 heterocycles.